The van der Waals surface area contributed by atoms with Crippen LogP contribution in [0.1, 0.15) is 0 Å². The van der Waals surface area contributed by atoms with Crippen LogP contribution in [0.3, 0.4) is 0 Å². The molecule has 0 saturated carbocycles. The average Bonchev–Trinajstić information content (AvgIpc) is 2.31. The first-order valence-electron chi connectivity index (χ1n) is 4.62. The summed E-state index contributed by atoms with van der Waals surface area (Å²) in [7, 11) is 1.62. The van der Waals surface area contributed by atoms with E-state index in [1.807, 2.05) is 18.2 Å². The third-order valence-electron chi connectivity index (χ3n) is 2.09. The maximum Gasteiger partial charge on any atom is 0.160 e. The van der Waals surface area contributed by atoms with Gasteiger partial charge in [-0.2, -0.15) is 0 Å². The third-order valence-corrected chi connectivity index (χ3v) is 2.78. The zero-order valence-electron chi connectivity index (χ0n) is 8.64. The van der Waals surface area contributed by atoms with Gasteiger partial charge in [-0.15, -0.1) is 0 Å². The summed E-state index contributed by atoms with van der Waals surface area (Å²) in [5.41, 5.74) is 6.96. The van der Waals surface area contributed by atoms with Crippen LogP contribution in [0, 0.1) is 0 Å². The molecule has 5 heteroatoms. The highest BCUT2D eigenvalue weighted by Crippen LogP contribution is 2.29. The molecule has 0 aliphatic carbocycles. The predicted molar refractivity (Wildman–Crippen MR) is 66.1 cm³/mol. The molecule has 0 amide bonds. The van der Waals surface area contributed by atoms with Gasteiger partial charge >= 0.3 is 0 Å². The fourth-order valence-corrected chi connectivity index (χ4v) is 1.70. The minimum atomic E-state index is 0.544. The Morgan fingerprint density at radius 2 is 1.94 bits per heavy atom. The molecule has 4 nitrogen and oxygen atoms in total. The van der Waals surface area contributed by atoms with Crippen LogP contribution >= 0.6 is 15.9 Å². The zero-order chi connectivity index (χ0) is 11.5. The van der Waals surface area contributed by atoms with Crippen LogP contribution in [0.2, 0.25) is 0 Å². The average molecular weight is 280 g/mol. The van der Waals surface area contributed by atoms with Gasteiger partial charge in [-0.3, -0.25) is 0 Å². The van der Waals surface area contributed by atoms with Crippen molar-refractivity contribution in [1.29, 1.82) is 0 Å². The molecule has 2 N–H and O–H groups in total. The van der Waals surface area contributed by atoms with Crippen molar-refractivity contribution in [3.8, 4) is 17.1 Å². The van der Waals surface area contributed by atoms with E-state index in [0.29, 0.717) is 11.5 Å². The van der Waals surface area contributed by atoms with Gasteiger partial charge in [0.1, 0.15) is 5.75 Å². The maximum atomic E-state index is 5.54. The van der Waals surface area contributed by atoms with Gasteiger partial charge < -0.3 is 10.5 Å². The normalized spacial score (nSPS) is 10.1. The number of nitrogen functional groups attached to an aromatic ring is 1. The molecule has 0 spiro atoms. The van der Waals surface area contributed by atoms with Crippen molar-refractivity contribution in [2.45, 2.75) is 0 Å². The number of ether oxygens (including phenoxy) is 1. The lowest BCUT2D eigenvalue weighted by atomic mass is 10.2. The van der Waals surface area contributed by atoms with Gasteiger partial charge in [0, 0.05) is 10.0 Å². The van der Waals surface area contributed by atoms with E-state index in [2.05, 4.69) is 25.9 Å². The number of nitrogens with zero attached hydrogens (tertiary/aromatic N) is 2. The molecule has 0 radical (unpaired) electrons. The number of hydrogen-bond acceptors (Lipinski definition) is 4. The minimum absolute atomic E-state index is 0.544. The Labute approximate surface area is 102 Å². The van der Waals surface area contributed by atoms with Gasteiger partial charge in [-0.05, 0) is 18.2 Å². The Kier molecular flexibility index (Phi) is 3.05. The van der Waals surface area contributed by atoms with Crippen LogP contribution in [0.4, 0.5) is 5.69 Å². The number of nitrogens with two attached hydrogens (primary N) is 1. The fraction of sp³-hybridized carbons (Fsp3) is 0.0909. The lowest BCUT2D eigenvalue weighted by Gasteiger charge is -2.06. The van der Waals surface area contributed by atoms with E-state index in [1.54, 1.807) is 19.5 Å². The second-order valence-electron chi connectivity index (χ2n) is 3.19. The Morgan fingerprint density at radius 1 is 1.25 bits per heavy atom. The SMILES string of the molecule is COc1ccc(Br)c(-c2ncc(N)cn2)c1. The largest absolute Gasteiger partial charge is 0.497 e. The van der Waals surface area contributed by atoms with Gasteiger partial charge in [-0.25, -0.2) is 9.97 Å². The molecule has 16 heavy (non-hydrogen) atoms. The standard InChI is InChI=1S/C11H10BrN3O/c1-16-8-2-3-10(12)9(4-8)11-14-5-7(13)6-15-11/h2-6H,13H2,1H3. The highest BCUT2D eigenvalue weighted by molar-refractivity contribution is 9.10. The molecule has 82 valence electrons. The van der Waals surface area contributed by atoms with Crippen molar-refractivity contribution in [2.24, 2.45) is 0 Å². The zero-order valence-corrected chi connectivity index (χ0v) is 10.2. The van der Waals surface area contributed by atoms with Crippen LogP contribution in [-0.2, 0) is 0 Å². The van der Waals surface area contributed by atoms with E-state index in [4.69, 9.17) is 10.5 Å². The number of halogens is 1. The molecule has 0 unspecified atom stereocenters. The second kappa shape index (κ2) is 4.49. The topological polar surface area (TPSA) is 61.0 Å². The number of anilines is 1. The first-order valence-corrected chi connectivity index (χ1v) is 5.41. The summed E-state index contributed by atoms with van der Waals surface area (Å²) in [6.07, 6.45) is 3.16. The molecular weight excluding hydrogens is 270 g/mol. The van der Waals surface area contributed by atoms with Gasteiger partial charge in [0.25, 0.3) is 0 Å². The number of methoxy groups -OCH3 is 1. The Morgan fingerprint density at radius 3 is 2.56 bits per heavy atom. The van der Waals surface area contributed by atoms with Crippen molar-refractivity contribution in [3.05, 3.63) is 35.1 Å². The van der Waals surface area contributed by atoms with Crippen molar-refractivity contribution in [2.75, 3.05) is 12.8 Å². The molecule has 1 heterocycles. The van der Waals surface area contributed by atoms with E-state index in [-0.39, 0.29) is 0 Å². The lowest BCUT2D eigenvalue weighted by molar-refractivity contribution is 0.415. The summed E-state index contributed by atoms with van der Waals surface area (Å²) < 4.78 is 6.07. The second-order valence-corrected chi connectivity index (χ2v) is 4.04. The van der Waals surface area contributed by atoms with Gasteiger partial charge in [0.15, 0.2) is 5.82 Å². The molecule has 0 aliphatic rings. The summed E-state index contributed by atoms with van der Waals surface area (Å²) in [6.45, 7) is 0. The number of benzene rings is 1. The van der Waals surface area contributed by atoms with E-state index in [0.717, 1.165) is 15.8 Å². The molecule has 0 bridgehead atoms. The first-order chi connectivity index (χ1) is 7.70. The van der Waals surface area contributed by atoms with E-state index >= 15 is 0 Å². The predicted octanol–water partition coefficient (Wildman–Crippen LogP) is 2.50. The van der Waals surface area contributed by atoms with Crippen molar-refractivity contribution >= 4 is 21.6 Å². The van der Waals surface area contributed by atoms with Crippen molar-refractivity contribution in [1.82, 2.24) is 9.97 Å². The van der Waals surface area contributed by atoms with Crippen LogP contribution in [0.25, 0.3) is 11.4 Å². The Bertz CT molecular complexity index is 499. The van der Waals surface area contributed by atoms with E-state index in [1.165, 1.54) is 0 Å². The molecule has 0 atom stereocenters. The van der Waals surface area contributed by atoms with Crippen molar-refractivity contribution < 1.29 is 4.74 Å². The smallest absolute Gasteiger partial charge is 0.160 e. The van der Waals surface area contributed by atoms with Crippen LogP contribution in [0.15, 0.2) is 35.1 Å². The van der Waals surface area contributed by atoms with E-state index in [9.17, 15) is 0 Å². The van der Waals surface area contributed by atoms with Gasteiger partial charge in [0.2, 0.25) is 0 Å². The molecule has 1 aromatic carbocycles. The third kappa shape index (κ3) is 2.14. The molecule has 0 aliphatic heterocycles. The first kappa shape index (κ1) is 10.9. The number of aromatic nitrogens is 2. The van der Waals surface area contributed by atoms with Crippen LogP contribution in [-0.4, -0.2) is 17.1 Å². The Balaban J connectivity index is 2.50. The van der Waals surface area contributed by atoms with Crippen molar-refractivity contribution in [3.63, 3.8) is 0 Å². The molecule has 0 fully saturated rings. The quantitative estimate of drug-likeness (QED) is 0.918. The molecule has 0 saturated heterocycles. The highest BCUT2D eigenvalue weighted by atomic mass is 79.9. The monoisotopic (exact) mass is 279 g/mol. The Hall–Kier alpha value is -1.62. The summed E-state index contributed by atoms with van der Waals surface area (Å²) in [5.74, 6) is 1.37. The fourth-order valence-electron chi connectivity index (χ4n) is 1.28. The van der Waals surface area contributed by atoms with Crippen LogP contribution < -0.4 is 10.5 Å². The highest BCUT2D eigenvalue weighted by Gasteiger charge is 2.07. The van der Waals surface area contributed by atoms with Gasteiger partial charge in [-0.1, -0.05) is 15.9 Å². The molecule has 2 aromatic rings. The summed E-state index contributed by atoms with van der Waals surface area (Å²) in [4.78, 5) is 8.33. The summed E-state index contributed by atoms with van der Waals surface area (Å²) >= 11 is 3.45. The maximum absolute atomic E-state index is 5.54. The lowest BCUT2D eigenvalue weighted by Crippen LogP contribution is -1.93. The number of hydrogen-bond donors (Lipinski definition) is 1. The molecule has 1 aromatic heterocycles. The number of rotatable bonds is 2. The van der Waals surface area contributed by atoms with Gasteiger partial charge in [0.05, 0.1) is 25.2 Å². The molecular formula is C11H10BrN3O. The van der Waals surface area contributed by atoms with E-state index < -0.39 is 0 Å². The molecule has 2 rings (SSSR count). The summed E-state index contributed by atoms with van der Waals surface area (Å²) in [6, 6.07) is 5.63. The summed E-state index contributed by atoms with van der Waals surface area (Å²) in [5, 5.41) is 0. The minimum Gasteiger partial charge on any atom is -0.497 e. The van der Waals surface area contributed by atoms with Crippen LogP contribution in [0.5, 0.6) is 5.75 Å².